The van der Waals surface area contributed by atoms with Crippen LogP contribution in [0.1, 0.15) is 20.3 Å². The standard InChI is InChI=1S/C13H19N3OS/c1-3-5-14-7-10(2)8-16-9-15-11-4-6-18-12(11)13(16)17/h4,6,9-10,14H,3,5,7-8H2,1-2H3. The van der Waals surface area contributed by atoms with Gasteiger partial charge < -0.3 is 5.32 Å². The maximum Gasteiger partial charge on any atom is 0.271 e. The largest absolute Gasteiger partial charge is 0.316 e. The van der Waals surface area contributed by atoms with E-state index in [9.17, 15) is 4.79 Å². The van der Waals surface area contributed by atoms with Gasteiger partial charge in [-0.2, -0.15) is 0 Å². The van der Waals surface area contributed by atoms with Crippen LogP contribution < -0.4 is 10.9 Å². The van der Waals surface area contributed by atoms with Crippen LogP contribution in [0.4, 0.5) is 0 Å². The van der Waals surface area contributed by atoms with Crippen LogP contribution in [0.15, 0.2) is 22.6 Å². The number of thiophene rings is 1. The van der Waals surface area contributed by atoms with Gasteiger partial charge in [0.25, 0.3) is 5.56 Å². The van der Waals surface area contributed by atoms with E-state index in [1.165, 1.54) is 11.3 Å². The Morgan fingerprint density at radius 2 is 2.39 bits per heavy atom. The molecule has 2 aromatic rings. The number of nitrogens with zero attached hydrogens (tertiary/aromatic N) is 2. The van der Waals surface area contributed by atoms with Crippen LogP contribution in [0.25, 0.3) is 10.2 Å². The highest BCUT2D eigenvalue weighted by Crippen LogP contribution is 2.13. The van der Waals surface area contributed by atoms with Crippen molar-refractivity contribution in [2.75, 3.05) is 13.1 Å². The first-order chi connectivity index (χ1) is 8.72. The zero-order chi connectivity index (χ0) is 13.0. The lowest BCUT2D eigenvalue weighted by Crippen LogP contribution is -2.29. The molecule has 0 aliphatic heterocycles. The Morgan fingerprint density at radius 1 is 1.56 bits per heavy atom. The minimum Gasteiger partial charge on any atom is -0.316 e. The fourth-order valence-electron chi connectivity index (χ4n) is 1.93. The second-order valence-electron chi connectivity index (χ2n) is 4.65. The lowest BCUT2D eigenvalue weighted by atomic mass is 10.2. The zero-order valence-corrected chi connectivity index (χ0v) is 11.7. The molecule has 2 aromatic heterocycles. The number of nitrogens with one attached hydrogen (secondary N) is 1. The fourth-order valence-corrected chi connectivity index (χ4v) is 2.73. The van der Waals surface area contributed by atoms with Gasteiger partial charge in [0.1, 0.15) is 4.70 Å². The predicted octanol–water partition coefficient (Wildman–Crippen LogP) is 2.09. The molecule has 0 radical (unpaired) electrons. The van der Waals surface area contributed by atoms with Crippen LogP contribution in [0, 0.1) is 5.92 Å². The number of fused-ring (bicyclic) bond motifs is 1. The summed E-state index contributed by atoms with van der Waals surface area (Å²) in [6, 6.07) is 1.89. The van der Waals surface area contributed by atoms with Gasteiger partial charge in [0, 0.05) is 6.54 Å². The van der Waals surface area contributed by atoms with Crippen LogP contribution in [-0.2, 0) is 6.54 Å². The third-order valence-electron chi connectivity index (χ3n) is 2.86. The van der Waals surface area contributed by atoms with Gasteiger partial charge in [-0.05, 0) is 36.9 Å². The van der Waals surface area contributed by atoms with Gasteiger partial charge in [0.15, 0.2) is 0 Å². The van der Waals surface area contributed by atoms with Crippen molar-refractivity contribution in [2.45, 2.75) is 26.8 Å². The van der Waals surface area contributed by atoms with Crippen molar-refractivity contribution in [2.24, 2.45) is 5.92 Å². The van der Waals surface area contributed by atoms with Gasteiger partial charge in [-0.25, -0.2) is 4.98 Å². The first-order valence-electron chi connectivity index (χ1n) is 6.35. The molecule has 0 aliphatic carbocycles. The summed E-state index contributed by atoms with van der Waals surface area (Å²) in [6.07, 6.45) is 2.79. The molecule has 98 valence electrons. The lowest BCUT2D eigenvalue weighted by molar-refractivity contribution is 0.438. The highest BCUT2D eigenvalue weighted by Gasteiger charge is 2.08. The van der Waals surface area contributed by atoms with E-state index in [-0.39, 0.29) is 5.56 Å². The van der Waals surface area contributed by atoms with Crippen molar-refractivity contribution >= 4 is 21.6 Å². The Labute approximate surface area is 111 Å². The molecule has 0 fully saturated rings. The molecule has 18 heavy (non-hydrogen) atoms. The summed E-state index contributed by atoms with van der Waals surface area (Å²) < 4.78 is 2.48. The second kappa shape index (κ2) is 6.11. The molecule has 0 aromatic carbocycles. The molecule has 1 atom stereocenters. The van der Waals surface area contributed by atoms with Gasteiger partial charge in [-0.1, -0.05) is 13.8 Å². The molecule has 1 unspecified atom stereocenters. The third-order valence-corrected chi connectivity index (χ3v) is 3.76. The Kier molecular flexibility index (Phi) is 4.49. The summed E-state index contributed by atoms with van der Waals surface area (Å²) in [5.41, 5.74) is 0.885. The van der Waals surface area contributed by atoms with Gasteiger partial charge in [-0.3, -0.25) is 9.36 Å². The number of hydrogen-bond donors (Lipinski definition) is 1. The van der Waals surface area contributed by atoms with Crippen molar-refractivity contribution in [3.8, 4) is 0 Å². The van der Waals surface area contributed by atoms with Gasteiger partial charge in [0.05, 0.1) is 11.8 Å². The SMILES string of the molecule is CCCNCC(C)Cn1cnc2ccsc2c1=O. The monoisotopic (exact) mass is 265 g/mol. The van der Waals surface area contributed by atoms with Crippen molar-refractivity contribution in [1.29, 1.82) is 0 Å². The predicted molar refractivity (Wildman–Crippen MR) is 76.2 cm³/mol. The van der Waals surface area contributed by atoms with Crippen LogP contribution in [0.3, 0.4) is 0 Å². The van der Waals surface area contributed by atoms with E-state index in [1.807, 2.05) is 11.4 Å². The first-order valence-corrected chi connectivity index (χ1v) is 7.23. The third kappa shape index (κ3) is 2.97. The molecule has 0 saturated carbocycles. The quantitative estimate of drug-likeness (QED) is 0.814. The molecule has 2 rings (SSSR count). The fraction of sp³-hybridized carbons (Fsp3) is 0.538. The van der Waals surface area contributed by atoms with Crippen molar-refractivity contribution in [3.63, 3.8) is 0 Å². The summed E-state index contributed by atoms with van der Waals surface area (Å²) in [5.74, 6) is 0.425. The maximum absolute atomic E-state index is 12.2. The van der Waals surface area contributed by atoms with Crippen LogP contribution in [-0.4, -0.2) is 22.6 Å². The zero-order valence-electron chi connectivity index (χ0n) is 10.8. The van der Waals surface area contributed by atoms with Crippen LogP contribution >= 0.6 is 11.3 Å². The Hall–Kier alpha value is -1.20. The van der Waals surface area contributed by atoms with Crippen LogP contribution in [0.5, 0.6) is 0 Å². The Bertz CT molecular complexity index is 561. The van der Waals surface area contributed by atoms with E-state index >= 15 is 0 Å². The van der Waals surface area contributed by atoms with E-state index in [4.69, 9.17) is 0 Å². The second-order valence-corrected chi connectivity index (χ2v) is 5.56. The van der Waals surface area contributed by atoms with E-state index < -0.39 is 0 Å². The minimum absolute atomic E-state index is 0.0809. The van der Waals surface area contributed by atoms with Crippen molar-refractivity contribution < 1.29 is 0 Å². The Balaban J connectivity index is 2.07. The topological polar surface area (TPSA) is 46.9 Å². The normalized spacial score (nSPS) is 13.0. The molecule has 0 saturated heterocycles. The van der Waals surface area contributed by atoms with Crippen LogP contribution in [0.2, 0.25) is 0 Å². The van der Waals surface area contributed by atoms with E-state index in [1.54, 1.807) is 10.9 Å². The summed E-state index contributed by atoms with van der Waals surface area (Å²) in [6.45, 7) is 6.98. The van der Waals surface area contributed by atoms with Crippen molar-refractivity contribution in [1.82, 2.24) is 14.9 Å². The molecule has 0 bridgehead atoms. The van der Waals surface area contributed by atoms with Gasteiger partial charge in [0.2, 0.25) is 0 Å². The number of hydrogen-bond acceptors (Lipinski definition) is 4. The number of aromatic nitrogens is 2. The summed E-state index contributed by atoms with van der Waals surface area (Å²) in [5, 5.41) is 5.29. The smallest absolute Gasteiger partial charge is 0.271 e. The van der Waals surface area contributed by atoms with E-state index in [2.05, 4.69) is 24.1 Å². The first kappa shape index (κ1) is 13.2. The highest BCUT2D eigenvalue weighted by molar-refractivity contribution is 7.17. The molecule has 0 amide bonds. The molecule has 4 nitrogen and oxygen atoms in total. The molecular weight excluding hydrogens is 246 g/mol. The van der Waals surface area contributed by atoms with E-state index in [0.717, 1.165) is 36.3 Å². The molecule has 5 heteroatoms. The van der Waals surface area contributed by atoms with Gasteiger partial charge in [-0.15, -0.1) is 11.3 Å². The molecular formula is C13H19N3OS. The summed E-state index contributed by atoms with van der Waals surface area (Å²) in [4.78, 5) is 16.5. The van der Waals surface area contributed by atoms with E-state index in [0.29, 0.717) is 5.92 Å². The van der Waals surface area contributed by atoms with Crippen molar-refractivity contribution in [3.05, 3.63) is 28.1 Å². The lowest BCUT2D eigenvalue weighted by Gasteiger charge is -2.13. The maximum atomic E-state index is 12.2. The Morgan fingerprint density at radius 3 is 3.17 bits per heavy atom. The summed E-state index contributed by atoms with van der Waals surface area (Å²) in [7, 11) is 0. The molecule has 0 aliphatic rings. The average molecular weight is 265 g/mol. The molecule has 0 spiro atoms. The summed E-state index contributed by atoms with van der Waals surface area (Å²) >= 11 is 1.47. The average Bonchev–Trinajstić information content (AvgIpc) is 2.82. The molecule has 2 heterocycles. The highest BCUT2D eigenvalue weighted by atomic mass is 32.1. The van der Waals surface area contributed by atoms with Gasteiger partial charge >= 0.3 is 0 Å². The molecule has 1 N–H and O–H groups in total. The minimum atomic E-state index is 0.0809. The number of rotatable bonds is 6.